The third kappa shape index (κ3) is 3.13. The van der Waals surface area contributed by atoms with Crippen molar-refractivity contribution in [3.05, 3.63) is 15.6 Å². The van der Waals surface area contributed by atoms with Gasteiger partial charge in [0.1, 0.15) is 5.78 Å². The average Bonchev–Trinajstić information content (AvgIpc) is 2.82. The first-order valence-electron chi connectivity index (χ1n) is 6.20. The lowest BCUT2D eigenvalue weighted by molar-refractivity contribution is -0.116. The Hall–Kier alpha value is -0.740. The zero-order valence-corrected chi connectivity index (χ0v) is 11.6. The van der Waals surface area contributed by atoms with Crippen LogP contribution in [0.1, 0.15) is 41.3 Å². The predicted molar refractivity (Wildman–Crippen MR) is 70.7 cm³/mol. The normalized spacial score (nSPS) is 21.0. The Morgan fingerprint density at radius 1 is 1.59 bits per heavy atom. The van der Waals surface area contributed by atoms with Crippen LogP contribution >= 0.6 is 11.3 Å². The van der Waals surface area contributed by atoms with Crippen LogP contribution in [0.5, 0.6) is 0 Å². The largest absolute Gasteiger partial charge is 0.306 e. The van der Waals surface area contributed by atoms with Crippen molar-refractivity contribution in [2.45, 2.75) is 39.0 Å². The Bertz CT molecular complexity index is 414. The summed E-state index contributed by atoms with van der Waals surface area (Å²) in [7, 11) is 2.16. The molecule has 2 rings (SSSR count). The van der Waals surface area contributed by atoms with E-state index in [0.29, 0.717) is 12.3 Å². The third-order valence-corrected chi connectivity index (χ3v) is 4.73. The summed E-state index contributed by atoms with van der Waals surface area (Å²) in [5.41, 5.74) is 1.13. The van der Waals surface area contributed by atoms with Crippen LogP contribution in [-0.2, 0) is 11.2 Å². The number of rotatable bonds is 4. The molecule has 0 aromatic carbocycles. The molecule has 1 saturated heterocycles. The van der Waals surface area contributed by atoms with E-state index < -0.39 is 0 Å². The van der Waals surface area contributed by atoms with Crippen molar-refractivity contribution < 1.29 is 4.79 Å². The molecule has 1 aromatic rings. The summed E-state index contributed by atoms with van der Waals surface area (Å²) >= 11 is 1.81. The molecule has 0 radical (unpaired) electrons. The minimum Gasteiger partial charge on any atom is -0.306 e. The van der Waals surface area contributed by atoms with Crippen molar-refractivity contribution in [2.24, 2.45) is 0 Å². The minimum atomic E-state index is 0.264. The number of likely N-dealkylation sites (N-methyl/N-ethyl adjacent to an activating group) is 1. The lowest BCUT2D eigenvalue weighted by atomic mass is 10.1. The Morgan fingerprint density at radius 2 is 2.35 bits per heavy atom. The molecular weight excluding hydrogens is 232 g/mol. The number of thiazole rings is 1. The number of ketones is 1. The van der Waals surface area contributed by atoms with Crippen molar-refractivity contribution in [1.82, 2.24) is 9.88 Å². The maximum atomic E-state index is 11.0. The Morgan fingerprint density at radius 3 is 2.94 bits per heavy atom. The number of aryl methyl sites for hydroxylation is 2. The summed E-state index contributed by atoms with van der Waals surface area (Å²) in [5.74, 6) is 0.870. The van der Waals surface area contributed by atoms with Gasteiger partial charge in [0.05, 0.1) is 10.7 Å². The van der Waals surface area contributed by atoms with E-state index in [1.807, 2.05) is 11.3 Å². The Labute approximate surface area is 107 Å². The van der Waals surface area contributed by atoms with E-state index in [-0.39, 0.29) is 5.78 Å². The highest BCUT2D eigenvalue weighted by molar-refractivity contribution is 7.11. The summed E-state index contributed by atoms with van der Waals surface area (Å²) in [6.07, 6.45) is 2.73. The van der Waals surface area contributed by atoms with E-state index >= 15 is 0 Å². The number of carbonyl (C=O) groups excluding carboxylic acids is 1. The summed E-state index contributed by atoms with van der Waals surface area (Å²) in [6.45, 7) is 6.02. The maximum absolute atomic E-state index is 11.0. The van der Waals surface area contributed by atoms with Crippen LogP contribution in [0.15, 0.2) is 0 Å². The molecule has 17 heavy (non-hydrogen) atoms. The van der Waals surface area contributed by atoms with E-state index in [1.165, 1.54) is 22.9 Å². The zero-order valence-electron chi connectivity index (χ0n) is 10.8. The standard InChI is InChI=1S/C13H20N2OS/c1-9(16)4-5-12-10(2)14-13(17-12)11-6-7-15(3)8-11/h11H,4-8H2,1-3H3. The third-order valence-electron chi connectivity index (χ3n) is 3.35. The van der Waals surface area contributed by atoms with E-state index in [9.17, 15) is 4.79 Å². The molecule has 0 amide bonds. The molecule has 1 aliphatic heterocycles. The smallest absolute Gasteiger partial charge is 0.130 e. The zero-order chi connectivity index (χ0) is 12.4. The quantitative estimate of drug-likeness (QED) is 0.825. The van der Waals surface area contributed by atoms with Gasteiger partial charge in [-0.2, -0.15) is 0 Å². The monoisotopic (exact) mass is 252 g/mol. The maximum Gasteiger partial charge on any atom is 0.130 e. The molecule has 0 bridgehead atoms. The van der Waals surface area contributed by atoms with E-state index in [4.69, 9.17) is 0 Å². The molecule has 0 N–H and O–H groups in total. The second-order valence-corrected chi connectivity index (χ2v) is 6.13. The summed E-state index contributed by atoms with van der Waals surface area (Å²) in [4.78, 5) is 19.4. The number of Topliss-reactive ketones (excluding diaryl/α,β-unsaturated/α-hetero) is 1. The van der Waals surface area contributed by atoms with Gasteiger partial charge in [-0.3, -0.25) is 0 Å². The van der Waals surface area contributed by atoms with Gasteiger partial charge in [-0.15, -0.1) is 11.3 Å². The molecule has 4 heteroatoms. The number of nitrogens with zero attached hydrogens (tertiary/aromatic N) is 2. The van der Waals surface area contributed by atoms with Crippen molar-refractivity contribution >= 4 is 17.1 Å². The summed E-state index contributed by atoms with van der Waals surface area (Å²) in [5, 5.41) is 1.27. The van der Waals surface area contributed by atoms with E-state index in [2.05, 4.69) is 23.9 Å². The molecule has 1 aliphatic rings. The molecule has 1 unspecified atom stereocenters. The van der Waals surface area contributed by atoms with Crippen LogP contribution in [0.2, 0.25) is 0 Å². The molecule has 94 valence electrons. The number of hydrogen-bond acceptors (Lipinski definition) is 4. The van der Waals surface area contributed by atoms with Crippen LogP contribution in [0.3, 0.4) is 0 Å². The first kappa shape index (κ1) is 12.7. The van der Waals surface area contributed by atoms with Gasteiger partial charge in [0.15, 0.2) is 0 Å². The summed E-state index contributed by atoms with van der Waals surface area (Å²) in [6, 6.07) is 0. The van der Waals surface area contributed by atoms with Crippen molar-refractivity contribution in [3.8, 4) is 0 Å². The number of hydrogen-bond donors (Lipinski definition) is 0. The lowest BCUT2D eigenvalue weighted by Gasteiger charge is -2.06. The van der Waals surface area contributed by atoms with Crippen LogP contribution in [0, 0.1) is 6.92 Å². The molecule has 0 spiro atoms. The highest BCUT2D eigenvalue weighted by Gasteiger charge is 2.24. The molecular formula is C13H20N2OS. The van der Waals surface area contributed by atoms with Gasteiger partial charge in [-0.25, -0.2) is 4.98 Å². The molecule has 2 heterocycles. The Kier molecular flexibility index (Phi) is 3.94. The van der Waals surface area contributed by atoms with Gasteiger partial charge >= 0.3 is 0 Å². The number of likely N-dealkylation sites (tertiary alicyclic amines) is 1. The topological polar surface area (TPSA) is 33.2 Å². The molecule has 1 fully saturated rings. The fourth-order valence-electron chi connectivity index (χ4n) is 2.28. The van der Waals surface area contributed by atoms with Gasteiger partial charge in [-0.05, 0) is 40.3 Å². The molecule has 3 nitrogen and oxygen atoms in total. The van der Waals surface area contributed by atoms with Crippen molar-refractivity contribution in [2.75, 3.05) is 20.1 Å². The average molecular weight is 252 g/mol. The van der Waals surface area contributed by atoms with E-state index in [0.717, 1.165) is 18.7 Å². The lowest BCUT2D eigenvalue weighted by Crippen LogP contribution is -2.13. The van der Waals surface area contributed by atoms with Crippen LogP contribution in [0.4, 0.5) is 0 Å². The first-order valence-corrected chi connectivity index (χ1v) is 7.02. The van der Waals surface area contributed by atoms with Gasteiger partial charge in [0, 0.05) is 23.8 Å². The van der Waals surface area contributed by atoms with Crippen molar-refractivity contribution in [1.29, 1.82) is 0 Å². The van der Waals surface area contributed by atoms with Gasteiger partial charge in [0.25, 0.3) is 0 Å². The second-order valence-electron chi connectivity index (χ2n) is 5.01. The Balaban J connectivity index is 2.05. The van der Waals surface area contributed by atoms with Gasteiger partial charge in [0.2, 0.25) is 0 Å². The molecule has 1 aromatic heterocycles. The predicted octanol–water partition coefficient (Wildman–Crippen LogP) is 2.39. The highest BCUT2D eigenvalue weighted by Crippen LogP contribution is 2.31. The second kappa shape index (κ2) is 5.27. The summed E-state index contributed by atoms with van der Waals surface area (Å²) < 4.78 is 0. The molecule has 1 atom stereocenters. The van der Waals surface area contributed by atoms with Crippen LogP contribution < -0.4 is 0 Å². The van der Waals surface area contributed by atoms with Gasteiger partial charge in [-0.1, -0.05) is 0 Å². The fourth-order valence-corrected chi connectivity index (χ4v) is 3.47. The molecule has 0 saturated carbocycles. The number of carbonyl (C=O) groups is 1. The fraction of sp³-hybridized carbons (Fsp3) is 0.692. The first-order chi connectivity index (χ1) is 8.06. The minimum absolute atomic E-state index is 0.264. The van der Waals surface area contributed by atoms with E-state index in [1.54, 1.807) is 6.92 Å². The number of aromatic nitrogens is 1. The van der Waals surface area contributed by atoms with Crippen LogP contribution in [-0.4, -0.2) is 35.8 Å². The van der Waals surface area contributed by atoms with Crippen molar-refractivity contribution in [3.63, 3.8) is 0 Å². The van der Waals surface area contributed by atoms with Crippen LogP contribution in [0.25, 0.3) is 0 Å². The van der Waals surface area contributed by atoms with Gasteiger partial charge < -0.3 is 9.69 Å². The molecule has 0 aliphatic carbocycles. The highest BCUT2D eigenvalue weighted by atomic mass is 32.1. The SMILES string of the molecule is CC(=O)CCc1sc(C2CCN(C)C2)nc1C.